The predicted octanol–water partition coefficient (Wildman–Crippen LogP) is 0.179. The maximum atomic E-state index is 4.70. The molecule has 0 fully saturated rings. The Morgan fingerprint density at radius 3 is 1.44 bits per heavy atom. The first-order chi connectivity index (χ1) is 16.4. The van der Waals surface area contributed by atoms with E-state index in [1.54, 1.807) is 9.36 Å². The first kappa shape index (κ1) is 19.6. The summed E-state index contributed by atoms with van der Waals surface area (Å²) in [5, 5.41) is 25.0. The van der Waals surface area contributed by atoms with E-state index in [9.17, 15) is 0 Å². The largest absolute Gasteiger partial charge is 0.272 e. The molecule has 0 spiro atoms. The highest BCUT2D eigenvalue weighted by Crippen LogP contribution is 2.16. The van der Waals surface area contributed by atoms with Crippen LogP contribution < -0.4 is 10.9 Å². The molecule has 4 aromatic rings. The Hall–Kier alpha value is -5.02. The van der Waals surface area contributed by atoms with E-state index in [-0.39, 0.29) is 23.6 Å². The zero-order valence-corrected chi connectivity index (χ0v) is 18.6. The second-order valence-corrected chi connectivity index (χ2v) is 7.64. The van der Waals surface area contributed by atoms with Gasteiger partial charge in [0.2, 0.25) is 23.6 Å². The van der Waals surface area contributed by atoms with Crippen LogP contribution >= 0.6 is 0 Å². The zero-order chi connectivity index (χ0) is 23.4. The highest BCUT2D eigenvalue weighted by Gasteiger charge is 2.24. The molecule has 0 radical (unpaired) electrons. The van der Waals surface area contributed by atoms with Gasteiger partial charge in [-0.1, -0.05) is 0 Å². The number of fused-ring (bicyclic) bond motifs is 2. The molecule has 0 unspecified atom stereocenters. The molecule has 0 amide bonds. The van der Waals surface area contributed by atoms with E-state index < -0.39 is 0 Å². The van der Waals surface area contributed by atoms with Crippen LogP contribution in [0.4, 0.5) is 11.9 Å². The Bertz CT molecular complexity index is 1430. The third kappa shape index (κ3) is 3.24. The summed E-state index contributed by atoms with van der Waals surface area (Å²) in [4.78, 5) is 18.5. The number of hydrogen-bond acceptors (Lipinski definition) is 12. The molecule has 2 aliphatic rings. The lowest BCUT2D eigenvalue weighted by Gasteiger charge is -2.10. The molecule has 0 saturated carbocycles. The molecule has 0 aliphatic carbocycles. The van der Waals surface area contributed by atoms with E-state index in [2.05, 4.69) is 51.4 Å². The Labute approximate surface area is 191 Å². The number of aromatic nitrogens is 10. The van der Waals surface area contributed by atoms with Crippen LogP contribution in [0.1, 0.15) is 22.8 Å². The second-order valence-electron chi connectivity index (χ2n) is 7.64. The van der Waals surface area contributed by atoms with Crippen LogP contribution in [0, 0.1) is 27.7 Å². The summed E-state index contributed by atoms with van der Waals surface area (Å²) in [6.07, 6.45) is 2.97. The normalized spacial score (nSPS) is 15.1. The number of aryl methyl sites for hydroxylation is 4. The minimum absolute atomic E-state index is 0.166. The first-order valence-corrected chi connectivity index (χ1v) is 10.2. The highest BCUT2D eigenvalue weighted by atomic mass is 15.6. The fourth-order valence-corrected chi connectivity index (χ4v) is 3.55. The van der Waals surface area contributed by atoms with E-state index in [0.717, 1.165) is 22.8 Å². The lowest BCUT2D eigenvalue weighted by atomic mass is 10.4. The van der Waals surface area contributed by atoms with Gasteiger partial charge in [0.25, 0.3) is 11.9 Å². The molecule has 6 heterocycles. The van der Waals surface area contributed by atoms with E-state index in [1.807, 2.05) is 39.8 Å². The second kappa shape index (κ2) is 7.26. The van der Waals surface area contributed by atoms with Crippen molar-refractivity contribution < 1.29 is 0 Å². The number of amidine groups is 2. The van der Waals surface area contributed by atoms with E-state index >= 15 is 0 Å². The molecule has 0 atom stereocenters. The molecule has 0 aromatic carbocycles. The molecule has 16 heteroatoms. The topological polar surface area (TPSA) is 171 Å². The van der Waals surface area contributed by atoms with Gasteiger partial charge in [-0.25, -0.2) is 18.7 Å². The van der Waals surface area contributed by atoms with Crippen molar-refractivity contribution in [2.24, 2.45) is 20.0 Å². The van der Waals surface area contributed by atoms with Gasteiger partial charge in [0.1, 0.15) is 12.7 Å². The minimum atomic E-state index is 0.166. The maximum absolute atomic E-state index is 4.70. The molecule has 0 bridgehead atoms. The lowest BCUT2D eigenvalue weighted by Crippen LogP contribution is -2.32. The average molecular weight is 458 g/mol. The molecule has 2 N–H and O–H groups in total. The molecule has 170 valence electrons. The van der Waals surface area contributed by atoms with E-state index in [0.29, 0.717) is 11.9 Å². The predicted molar refractivity (Wildman–Crippen MR) is 122 cm³/mol. The number of nitrogens with zero attached hydrogens (tertiary/aromatic N) is 14. The third-order valence-corrected chi connectivity index (χ3v) is 4.96. The minimum Gasteiger partial charge on any atom is -0.257 e. The van der Waals surface area contributed by atoms with Crippen LogP contribution in [-0.2, 0) is 0 Å². The van der Waals surface area contributed by atoms with Crippen molar-refractivity contribution in [2.75, 3.05) is 10.9 Å². The summed E-state index contributed by atoms with van der Waals surface area (Å²) in [6.45, 7) is 7.65. The summed E-state index contributed by atoms with van der Waals surface area (Å²) < 4.78 is 6.38. The number of nitrogens with one attached hydrogen (secondary N) is 2. The fourth-order valence-electron chi connectivity index (χ4n) is 3.55. The summed E-state index contributed by atoms with van der Waals surface area (Å²) in [6, 6.07) is 3.88. The smallest absolute Gasteiger partial charge is 0.257 e. The van der Waals surface area contributed by atoms with E-state index in [1.165, 1.54) is 22.0 Å². The van der Waals surface area contributed by atoms with Gasteiger partial charge in [0, 0.05) is 11.4 Å². The average Bonchev–Trinajstić information content (AvgIpc) is 3.52. The highest BCUT2D eigenvalue weighted by molar-refractivity contribution is 6.45. The lowest BCUT2D eigenvalue weighted by molar-refractivity contribution is 0.847. The molecule has 4 aromatic heterocycles. The summed E-state index contributed by atoms with van der Waals surface area (Å²) in [7, 11) is 0. The quantitative estimate of drug-likeness (QED) is 0.407. The Morgan fingerprint density at radius 2 is 1.06 bits per heavy atom. The van der Waals surface area contributed by atoms with Crippen molar-refractivity contribution in [1.82, 2.24) is 49.3 Å². The molecular formula is C18H18N16. The van der Waals surface area contributed by atoms with Gasteiger partial charge in [-0.3, -0.25) is 10.9 Å². The zero-order valence-electron chi connectivity index (χ0n) is 18.6. The number of hydrogen-bond donors (Lipinski definition) is 2. The van der Waals surface area contributed by atoms with Crippen LogP contribution in [-0.4, -0.2) is 72.9 Å². The van der Waals surface area contributed by atoms with Crippen LogP contribution in [0.5, 0.6) is 0 Å². The van der Waals surface area contributed by atoms with Crippen LogP contribution in [0.3, 0.4) is 0 Å². The van der Waals surface area contributed by atoms with Gasteiger partial charge in [0.05, 0.1) is 11.4 Å². The molecule has 2 aliphatic heterocycles. The first-order valence-electron chi connectivity index (χ1n) is 10.2. The number of rotatable bonds is 1. The molecule has 0 saturated heterocycles. The van der Waals surface area contributed by atoms with Crippen molar-refractivity contribution in [3.05, 3.63) is 47.6 Å². The van der Waals surface area contributed by atoms with Crippen molar-refractivity contribution in [3.63, 3.8) is 0 Å². The van der Waals surface area contributed by atoms with Gasteiger partial charge < -0.3 is 0 Å². The Morgan fingerprint density at radius 1 is 0.618 bits per heavy atom. The van der Waals surface area contributed by atoms with Crippen molar-refractivity contribution in [3.8, 4) is 0 Å². The van der Waals surface area contributed by atoms with Crippen molar-refractivity contribution in [1.29, 1.82) is 0 Å². The van der Waals surface area contributed by atoms with Gasteiger partial charge in [-0.15, -0.1) is 20.4 Å². The summed E-state index contributed by atoms with van der Waals surface area (Å²) in [5.74, 6) is 1.59. The maximum Gasteiger partial charge on any atom is 0.272 e. The monoisotopic (exact) mass is 458 g/mol. The standard InChI is InChI=1S/C18H18N16/c1-9-5-11(3)33(27-9)17-23-13(21-15-25-19-7-31(15)29-17)14-22-16-26-20-8-32(16)30-18(24-14)34-12(4)6-10(2)28-34/h5-8H,1-4H3,(H,21,23,25,29)(H,22,24,26,30). The number of aliphatic imine (C=N–C) groups is 4. The summed E-state index contributed by atoms with van der Waals surface area (Å²) >= 11 is 0. The van der Waals surface area contributed by atoms with Crippen LogP contribution in [0.15, 0.2) is 44.8 Å². The van der Waals surface area contributed by atoms with Crippen molar-refractivity contribution >= 4 is 35.5 Å². The van der Waals surface area contributed by atoms with Crippen LogP contribution in [0.25, 0.3) is 0 Å². The fraction of sp³-hybridized carbons (Fsp3) is 0.222. The SMILES string of the molecule is Cc1cc(C)n(C2=NC(C3=Nc4nncn4NC(n4nc(C)cc4C)=N3)=Nc3nncn3N2)n1. The van der Waals surface area contributed by atoms with Crippen LogP contribution in [0.2, 0.25) is 0 Å². The Balaban J connectivity index is 1.55. The summed E-state index contributed by atoms with van der Waals surface area (Å²) in [5.41, 5.74) is 9.66. The van der Waals surface area contributed by atoms with Gasteiger partial charge in [-0.05, 0) is 39.8 Å². The van der Waals surface area contributed by atoms with Gasteiger partial charge in [-0.2, -0.15) is 30.2 Å². The van der Waals surface area contributed by atoms with E-state index in [4.69, 9.17) is 9.98 Å². The van der Waals surface area contributed by atoms with Crippen molar-refractivity contribution in [2.45, 2.75) is 27.7 Å². The molecule has 34 heavy (non-hydrogen) atoms. The van der Waals surface area contributed by atoms with Gasteiger partial charge >= 0.3 is 0 Å². The Kier molecular flexibility index (Phi) is 4.19. The third-order valence-electron chi connectivity index (χ3n) is 4.96. The molecule has 6 rings (SSSR count). The molecule has 16 nitrogen and oxygen atoms in total. The molecular weight excluding hydrogens is 440 g/mol. The van der Waals surface area contributed by atoms with Gasteiger partial charge in [0.15, 0.2) is 0 Å².